The molecule has 0 spiro atoms. The molecule has 2 heterocycles. The van der Waals surface area contributed by atoms with Crippen molar-refractivity contribution in [3.05, 3.63) is 45.7 Å². The number of carbonyl (C=O) groups is 1. The number of benzene rings is 1. The average molecular weight is 313 g/mol. The van der Waals surface area contributed by atoms with E-state index in [0.717, 1.165) is 41.5 Å². The van der Waals surface area contributed by atoms with Crippen molar-refractivity contribution in [1.82, 2.24) is 15.2 Å². The summed E-state index contributed by atoms with van der Waals surface area (Å²) in [7, 11) is 0. The number of nitrogens with zero attached hydrogens (tertiary/aromatic N) is 1. The molecule has 1 saturated heterocycles. The van der Waals surface area contributed by atoms with Crippen molar-refractivity contribution in [2.75, 3.05) is 19.6 Å². The molecule has 1 aromatic heterocycles. The Morgan fingerprint density at radius 2 is 2.22 bits per heavy atom. The second-order valence-electron chi connectivity index (χ2n) is 6.33. The highest BCUT2D eigenvalue weighted by atomic mass is 16.2. The van der Waals surface area contributed by atoms with Crippen molar-refractivity contribution in [3.8, 4) is 0 Å². The fraction of sp³-hybridized carbons (Fsp3) is 0.444. The Morgan fingerprint density at radius 3 is 3.00 bits per heavy atom. The number of hydrogen-bond donors (Lipinski definition) is 2. The van der Waals surface area contributed by atoms with E-state index < -0.39 is 0 Å². The monoisotopic (exact) mass is 313 g/mol. The number of hydrogen-bond acceptors (Lipinski definition) is 3. The normalized spacial score (nSPS) is 18.4. The number of likely N-dealkylation sites (tertiary alicyclic amines) is 1. The van der Waals surface area contributed by atoms with Gasteiger partial charge in [-0.05, 0) is 49.9 Å². The van der Waals surface area contributed by atoms with E-state index in [9.17, 15) is 9.59 Å². The summed E-state index contributed by atoms with van der Waals surface area (Å²) in [4.78, 5) is 29.4. The Morgan fingerprint density at radius 1 is 1.39 bits per heavy atom. The van der Waals surface area contributed by atoms with E-state index in [4.69, 9.17) is 0 Å². The highest BCUT2D eigenvalue weighted by Crippen LogP contribution is 2.19. The van der Waals surface area contributed by atoms with Crippen LogP contribution in [-0.4, -0.2) is 35.4 Å². The minimum Gasteiger partial charge on any atom is -0.356 e. The zero-order valence-electron chi connectivity index (χ0n) is 13.7. The van der Waals surface area contributed by atoms with Crippen LogP contribution in [0.25, 0.3) is 10.9 Å². The molecule has 0 unspecified atom stereocenters. The summed E-state index contributed by atoms with van der Waals surface area (Å²) < 4.78 is 0. The standard InChI is InChI=1S/C18H23N3O2/c1-3-19-17(22)14-6-7-21(10-14)11-15-9-13-5-4-12(2)8-16(13)20-18(15)23/h4-5,8-9,14H,3,6-7,10-11H2,1-2H3,(H,19,22)(H,20,23)/t14-/m0/s1. The largest absolute Gasteiger partial charge is 0.356 e. The van der Waals surface area contributed by atoms with Crippen molar-refractivity contribution in [2.24, 2.45) is 5.92 Å². The summed E-state index contributed by atoms with van der Waals surface area (Å²) in [6.45, 7) is 6.77. The molecule has 3 rings (SSSR count). The molecule has 5 nitrogen and oxygen atoms in total. The van der Waals surface area contributed by atoms with Gasteiger partial charge in [-0.15, -0.1) is 0 Å². The molecule has 23 heavy (non-hydrogen) atoms. The van der Waals surface area contributed by atoms with Gasteiger partial charge in [-0.2, -0.15) is 0 Å². The maximum atomic E-state index is 12.3. The van der Waals surface area contributed by atoms with Gasteiger partial charge < -0.3 is 10.3 Å². The van der Waals surface area contributed by atoms with Gasteiger partial charge in [0.25, 0.3) is 5.56 Å². The number of aromatic nitrogens is 1. The van der Waals surface area contributed by atoms with Gasteiger partial charge in [0.2, 0.25) is 5.91 Å². The third-order valence-corrected chi connectivity index (χ3v) is 4.47. The quantitative estimate of drug-likeness (QED) is 0.904. The SMILES string of the molecule is CCNC(=O)[C@H]1CCN(Cc2cc3ccc(C)cc3[nH]c2=O)C1. The first-order valence-electron chi connectivity index (χ1n) is 8.19. The van der Waals surface area contributed by atoms with Crippen molar-refractivity contribution in [1.29, 1.82) is 0 Å². The third-order valence-electron chi connectivity index (χ3n) is 4.47. The second kappa shape index (κ2) is 6.54. The number of aromatic amines is 1. The van der Waals surface area contributed by atoms with Gasteiger partial charge in [-0.1, -0.05) is 12.1 Å². The predicted molar refractivity (Wildman–Crippen MR) is 91.4 cm³/mol. The predicted octanol–water partition coefficient (Wildman–Crippen LogP) is 1.79. The summed E-state index contributed by atoms with van der Waals surface area (Å²) >= 11 is 0. The number of amides is 1. The second-order valence-corrected chi connectivity index (χ2v) is 6.33. The third kappa shape index (κ3) is 3.45. The number of aryl methyl sites for hydroxylation is 1. The Kier molecular flexibility index (Phi) is 4.48. The van der Waals surface area contributed by atoms with Crippen molar-refractivity contribution < 1.29 is 4.79 Å². The minimum atomic E-state index is -0.0374. The lowest BCUT2D eigenvalue weighted by molar-refractivity contribution is -0.124. The van der Waals surface area contributed by atoms with Gasteiger partial charge in [0.1, 0.15) is 0 Å². The zero-order chi connectivity index (χ0) is 16.4. The van der Waals surface area contributed by atoms with E-state index in [0.29, 0.717) is 13.1 Å². The molecule has 0 aliphatic carbocycles. The molecule has 0 bridgehead atoms. The Labute approximate surface area is 135 Å². The lowest BCUT2D eigenvalue weighted by Gasteiger charge is -2.16. The van der Waals surface area contributed by atoms with Crippen LogP contribution in [0.1, 0.15) is 24.5 Å². The van der Waals surface area contributed by atoms with E-state index >= 15 is 0 Å². The summed E-state index contributed by atoms with van der Waals surface area (Å²) in [6.07, 6.45) is 0.858. The van der Waals surface area contributed by atoms with Crippen LogP contribution in [0.15, 0.2) is 29.1 Å². The Bertz CT molecular complexity index is 781. The van der Waals surface area contributed by atoms with E-state index in [1.165, 1.54) is 0 Å². The number of nitrogens with one attached hydrogen (secondary N) is 2. The molecule has 0 saturated carbocycles. The molecule has 5 heteroatoms. The van der Waals surface area contributed by atoms with Gasteiger partial charge in [0.15, 0.2) is 0 Å². The molecular formula is C18H23N3O2. The molecule has 0 radical (unpaired) electrons. The van der Waals surface area contributed by atoms with Crippen molar-refractivity contribution in [2.45, 2.75) is 26.8 Å². The Hall–Kier alpha value is -2.14. The highest BCUT2D eigenvalue weighted by molar-refractivity contribution is 5.80. The minimum absolute atomic E-state index is 0.0374. The van der Waals surface area contributed by atoms with Gasteiger partial charge in [0, 0.05) is 30.7 Å². The van der Waals surface area contributed by atoms with Crippen molar-refractivity contribution in [3.63, 3.8) is 0 Å². The van der Waals surface area contributed by atoms with E-state index in [2.05, 4.69) is 15.2 Å². The number of rotatable bonds is 4. The number of fused-ring (bicyclic) bond motifs is 1. The zero-order valence-corrected chi connectivity index (χ0v) is 13.7. The first kappa shape index (κ1) is 15.7. The van der Waals surface area contributed by atoms with E-state index in [1.807, 2.05) is 38.1 Å². The van der Waals surface area contributed by atoms with Crippen LogP contribution in [0.5, 0.6) is 0 Å². The molecule has 1 aliphatic rings. The number of pyridine rings is 1. The summed E-state index contributed by atoms with van der Waals surface area (Å²) in [5.74, 6) is 0.162. The van der Waals surface area contributed by atoms with Crippen LogP contribution >= 0.6 is 0 Å². The maximum Gasteiger partial charge on any atom is 0.252 e. The molecule has 1 fully saturated rings. The molecule has 1 aliphatic heterocycles. The van der Waals surface area contributed by atoms with Crippen LogP contribution in [-0.2, 0) is 11.3 Å². The van der Waals surface area contributed by atoms with Crippen molar-refractivity contribution >= 4 is 16.8 Å². The summed E-state index contributed by atoms with van der Waals surface area (Å²) in [5.41, 5.74) is 2.73. The first-order chi connectivity index (χ1) is 11.1. The van der Waals surface area contributed by atoms with Crippen LogP contribution in [0, 0.1) is 12.8 Å². The van der Waals surface area contributed by atoms with Gasteiger partial charge in [0.05, 0.1) is 5.92 Å². The molecular weight excluding hydrogens is 290 g/mol. The fourth-order valence-corrected chi connectivity index (χ4v) is 3.23. The summed E-state index contributed by atoms with van der Waals surface area (Å²) in [5, 5.41) is 3.93. The lowest BCUT2D eigenvalue weighted by Crippen LogP contribution is -2.33. The molecule has 2 N–H and O–H groups in total. The summed E-state index contributed by atoms with van der Waals surface area (Å²) in [6, 6.07) is 8.03. The number of carbonyl (C=O) groups excluding carboxylic acids is 1. The average Bonchev–Trinajstić information content (AvgIpc) is 2.97. The molecule has 2 aromatic rings. The van der Waals surface area contributed by atoms with Gasteiger partial charge in [-0.25, -0.2) is 0 Å². The van der Waals surface area contributed by atoms with Crippen LogP contribution in [0.3, 0.4) is 0 Å². The van der Waals surface area contributed by atoms with Crippen LogP contribution < -0.4 is 10.9 Å². The molecule has 1 amide bonds. The van der Waals surface area contributed by atoms with Crippen LogP contribution in [0.2, 0.25) is 0 Å². The van der Waals surface area contributed by atoms with Gasteiger partial charge >= 0.3 is 0 Å². The van der Waals surface area contributed by atoms with E-state index in [-0.39, 0.29) is 17.4 Å². The van der Waals surface area contributed by atoms with Crippen LogP contribution in [0.4, 0.5) is 0 Å². The number of H-pyrrole nitrogens is 1. The highest BCUT2D eigenvalue weighted by Gasteiger charge is 2.28. The first-order valence-corrected chi connectivity index (χ1v) is 8.19. The molecule has 1 atom stereocenters. The molecule has 1 aromatic carbocycles. The topological polar surface area (TPSA) is 65.2 Å². The maximum absolute atomic E-state index is 12.3. The Balaban J connectivity index is 1.75. The smallest absolute Gasteiger partial charge is 0.252 e. The molecule has 122 valence electrons. The van der Waals surface area contributed by atoms with Gasteiger partial charge in [-0.3, -0.25) is 14.5 Å². The lowest BCUT2D eigenvalue weighted by atomic mass is 10.1. The van der Waals surface area contributed by atoms with E-state index in [1.54, 1.807) is 0 Å². The fourth-order valence-electron chi connectivity index (χ4n) is 3.23.